The van der Waals surface area contributed by atoms with Gasteiger partial charge in [-0.1, -0.05) is 36.4 Å². The topological polar surface area (TPSA) is 64.8 Å². The van der Waals surface area contributed by atoms with Crippen LogP contribution in [0.1, 0.15) is 30.7 Å². The monoisotopic (exact) mass is 415 g/mol. The van der Waals surface area contributed by atoms with Crippen molar-refractivity contribution in [2.75, 3.05) is 0 Å². The van der Waals surface area contributed by atoms with Crippen molar-refractivity contribution in [3.63, 3.8) is 0 Å². The molecule has 0 radical (unpaired) electrons. The highest BCUT2D eigenvalue weighted by atomic mass is 32.1. The third-order valence-electron chi connectivity index (χ3n) is 4.43. The SMILES string of the molecule is O=C(c1cccs1)c1cn(-c2ccccc2)nc1C(=O)c1nc2ccccc2s1. The summed E-state index contributed by atoms with van der Waals surface area (Å²) in [6.45, 7) is 0. The van der Waals surface area contributed by atoms with E-state index in [1.807, 2.05) is 66.0 Å². The first kappa shape index (κ1) is 17.7. The second-order valence-corrected chi connectivity index (χ2v) is 8.27. The Morgan fingerprint density at radius 2 is 1.66 bits per heavy atom. The maximum absolute atomic E-state index is 13.3. The van der Waals surface area contributed by atoms with Crippen molar-refractivity contribution >= 4 is 44.5 Å². The summed E-state index contributed by atoms with van der Waals surface area (Å²) in [6, 6.07) is 20.5. The maximum Gasteiger partial charge on any atom is 0.242 e. The van der Waals surface area contributed by atoms with Gasteiger partial charge in [0, 0.05) is 6.20 Å². The molecule has 140 valence electrons. The minimum atomic E-state index is -0.346. The molecule has 0 aliphatic carbocycles. The first-order chi connectivity index (χ1) is 14.2. The van der Waals surface area contributed by atoms with Crippen LogP contribution in [0.2, 0.25) is 0 Å². The van der Waals surface area contributed by atoms with Crippen LogP contribution in [0.3, 0.4) is 0 Å². The van der Waals surface area contributed by atoms with Crippen molar-refractivity contribution < 1.29 is 9.59 Å². The van der Waals surface area contributed by atoms with Crippen LogP contribution in [-0.4, -0.2) is 26.3 Å². The molecule has 5 nitrogen and oxygen atoms in total. The number of ketones is 2. The molecule has 0 aliphatic heterocycles. The van der Waals surface area contributed by atoms with Gasteiger partial charge in [-0.2, -0.15) is 5.10 Å². The fourth-order valence-electron chi connectivity index (χ4n) is 3.03. The van der Waals surface area contributed by atoms with Gasteiger partial charge in [-0.05, 0) is 35.7 Å². The number of thiophene rings is 1. The van der Waals surface area contributed by atoms with E-state index in [1.54, 1.807) is 16.9 Å². The number of aromatic nitrogens is 3. The lowest BCUT2D eigenvalue weighted by atomic mass is 10.1. The Balaban J connectivity index is 1.64. The van der Waals surface area contributed by atoms with Gasteiger partial charge in [-0.3, -0.25) is 9.59 Å². The van der Waals surface area contributed by atoms with Gasteiger partial charge < -0.3 is 0 Å². The quantitative estimate of drug-likeness (QED) is 0.379. The van der Waals surface area contributed by atoms with Crippen molar-refractivity contribution in [2.24, 2.45) is 0 Å². The number of hydrogen-bond donors (Lipinski definition) is 0. The highest BCUT2D eigenvalue weighted by Gasteiger charge is 2.27. The van der Waals surface area contributed by atoms with Gasteiger partial charge in [0.05, 0.1) is 26.3 Å². The van der Waals surface area contributed by atoms with Crippen LogP contribution in [0.15, 0.2) is 78.3 Å². The molecule has 0 aliphatic rings. The minimum Gasteiger partial charge on any atom is -0.288 e. The molecule has 2 aromatic carbocycles. The molecule has 5 rings (SSSR count). The zero-order valence-corrected chi connectivity index (χ0v) is 16.6. The third-order valence-corrected chi connectivity index (χ3v) is 6.33. The van der Waals surface area contributed by atoms with Crippen molar-refractivity contribution in [1.82, 2.24) is 14.8 Å². The van der Waals surface area contributed by atoms with Crippen LogP contribution in [-0.2, 0) is 0 Å². The summed E-state index contributed by atoms with van der Waals surface area (Å²) >= 11 is 2.64. The van der Waals surface area contributed by atoms with Gasteiger partial charge in [0.2, 0.25) is 11.6 Å². The van der Waals surface area contributed by atoms with Crippen molar-refractivity contribution in [3.05, 3.63) is 99.4 Å². The van der Waals surface area contributed by atoms with E-state index in [9.17, 15) is 9.59 Å². The first-order valence-corrected chi connectivity index (χ1v) is 10.5. The van der Waals surface area contributed by atoms with Crippen LogP contribution < -0.4 is 0 Å². The van der Waals surface area contributed by atoms with Gasteiger partial charge in [0.15, 0.2) is 5.01 Å². The van der Waals surface area contributed by atoms with Gasteiger partial charge in [-0.25, -0.2) is 9.67 Å². The molecule has 29 heavy (non-hydrogen) atoms. The van der Waals surface area contributed by atoms with E-state index in [2.05, 4.69) is 10.1 Å². The smallest absolute Gasteiger partial charge is 0.242 e. The van der Waals surface area contributed by atoms with E-state index in [-0.39, 0.29) is 22.8 Å². The third kappa shape index (κ3) is 3.20. The van der Waals surface area contributed by atoms with Crippen molar-refractivity contribution in [2.45, 2.75) is 0 Å². The molecule has 3 aromatic heterocycles. The molecule has 0 amide bonds. The lowest BCUT2D eigenvalue weighted by molar-refractivity contribution is 0.100. The molecule has 0 N–H and O–H groups in total. The average Bonchev–Trinajstić information content (AvgIpc) is 3.52. The molecule has 0 unspecified atom stereocenters. The molecular formula is C22H13N3O2S2. The zero-order chi connectivity index (χ0) is 19.8. The van der Waals surface area contributed by atoms with Gasteiger partial charge >= 0.3 is 0 Å². The highest BCUT2D eigenvalue weighted by molar-refractivity contribution is 7.20. The molecule has 0 atom stereocenters. The average molecular weight is 415 g/mol. The summed E-state index contributed by atoms with van der Waals surface area (Å²) in [6.07, 6.45) is 1.62. The van der Waals surface area contributed by atoms with E-state index in [1.165, 1.54) is 22.7 Å². The number of thiazole rings is 1. The number of carbonyl (C=O) groups excluding carboxylic acids is 2. The lowest BCUT2D eigenvalue weighted by Crippen LogP contribution is -2.09. The van der Waals surface area contributed by atoms with Crippen LogP contribution in [0, 0.1) is 0 Å². The Morgan fingerprint density at radius 3 is 2.41 bits per heavy atom. The number of benzene rings is 2. The molecular weight excluding hydrogens is 402 g/mol. The Hall–Kier alpha value is -3.42. The van der Waals surface area contributed by atoms with Crippen molar-refractivity contribution in [3.8, 4) is 5.69 Å². The van der Waals surface area contributed by atoms with Gasteiger partial charge in [0.1, 0.15) is 5.69 Å². The van der Waals surface area contributed by atoms with Gasteiger partial charge in [0.25, 0.3) is 0 Å². The summed E-state index contributed by atoms with van der Waals surface area (Å²) in [4.78, 5) is 31.4. The Labute approximate surface area is 173 Å². The number of hydrogen-bond acceptors (Lipinski definition) is 6. The zero-order valence-electron chi connectivity index (χ0n) is 15.0. The molecule has 0 spiro atoms. The standard InChI is InChI=1S/C22H13N3O2S2/c26-20(18-11-6-12-28-18)15-13-25(14-7-2-1-3-8-14)24-19(15)21(27)22-23-16-9-4-5-10-17(16)29-22/h1-13H. The van der Waals surface area contributed by atoms with E-state index < -0.39 is 0 Å². The molecule has 0 fully saturated rings. The largest absolute Gasteiger partial charge is 0.288 e. The molecule has 3 heterocycles. The second-order valence-electron chi connectivity index (χ2n) is 6.29. The summed E-state index contributed by atoms with van der Waals surface area (Å²) in [5.74, 6) is -0.563. The van der Waals surface area contributed by atoms with E-state index in [0.717, 1.165) is 15.9 Å². The van der Waals surface area contributed by atoms with E-state index in [0.29, 0.717) is 9.88 Å². The number of nitrogens with zero attached hydrogens (tertiary/aromatic N) is 3. The molecule has 0 saturated carbocycles. The summed E-state index contributed by atoms with van der Waals surface area (Å²) < 4.78 is 2.49. The summed E-state index contributed by atoms with van der Waals surface area (Å²) in [5, 5.41) is 6.64. The Morgan fingerprint density at radius 1 is 0.862 bits per heavy atom. The molecule has 5 aromatic rings. The number of rotatable bonds is 5. The molecule has 0 bridgehead atoms. The summed E-state index contributed by atoms with van der Waals surface area (Å²) in [7, 11) is 0. The lowest BCUT2D eigenvalue weighted by Gasteiger charge is -1.99. The Kier molecular flexibility index (Phi) is 4.38. The van der Waals surface area contributed by atoms with Crippen LogP contribution in [0.4, 0.5) is 0 Å². The maximum atomic E-state index is 13.3. The summed E-state index contributed by atoms with van der Waals surface area (Å²) in [5.41, 5.74) is 1.93. The number of fused-ring (bicyclic) bond motifs is 1. The fourth-order valence-corrected chi connectivity index (χ4v) is 4.62. The highest BCUT2D eigenvalue weighted by Crippen LogP contribution is 2.26. The Bertz CT molecular complexity index is 1300. The second kappa shape index (κ2) is 7.20. The molecule has 7 heteroatoms. The predicted octanol–water partition coefficient (Wildman–Crippen LogP) is 5.01. The van der Waals surface area contributed by atoms with E-state index in [4.69, 9.17) is 0 Å². The normalized spacial score (nSPS) is 11.0. The minimum absolute atomic E-state index is 0.117. The first-order valence-electron chi connectivity index (χ1n) is 8.84. The van der Waals surface area contributed by atoms with Crippen LogP contribution >= 0.6 is 22.7 Å². The van der Waals surface area contributed by atoms with Crippen LogP contribution in [0.25, 0.3) is 15.9 Å². The number of carbonyl (C=O) groups is 2. The van der Waals surface area contributed by atoms with Crippen molar-refractivity contribution in [1.29, 1.82) is 0 Å². The van der Waals surface area contributed by atoms with E-state index >= 15 is 0 Å². The fraction of sp³-hybridized carbons (Fsp3) is 0. The molecule has 0 saturated heterocycles. The van der Waals surface area contributed by atoms with Crippen LogP contribution in [0.5, 0.6) is 0 Å². The number of para-hydroxylation sites is 2. The predicted molar refractivity (Wildman–Crippen MR) is 114 cm³/mol. The van der Waals surface area contributed by atoms with Gasteiger partial charge in [-0.15, -0.1) is 22.7 Å².